The smallest absolute Gasteiger partial charge is 0.339 e. The molecule has 1 aromatic rings. The number of carbonyl (C=O) groups excluding carboxylic acids is 2. The van der Waals surface area contributed by atoms with Crippen LogP contribution in [-0.2, 0) is 9.53 Å². The highest BCUT2D eigenvalue weighted by molar-refractivity contribution is 5.90. The highest BCUT2D eigenvalue weighted by atomic mass is 16.5. The Balaban J connectivity index is 2.44. The monoisotopic (exact) mass is 293 g/mol. The lowest BCUT2D eigenvalue weighted by atomic mass is 10.2. The van der Waals surface area contributed by atoms with Gasteiger partial charge >= 0.3 is 5.97 Å². The van der Waals surface area contributed by atoms with Gasteiger partial charge in [0.1, 0.15) is 5.82 Å². The molecule has 0 bridgehead atoms. The van der Waals surface area contributed by atoms with Crippen molar-refractivity contribution in [3.8, 4) is 0 Å². The first kappa shape index (κ1) is 16.9. The number of pyridine rings is 1. The zero-order valence-electron chi connectivity index (χ0n) is 13.0. The van der Waals surface area contributed by atoms with E-state index in [-0.39, 0.29) is 5.91 Å². The molecule has 0 fully saturated rings. The maximum Gasteiger partial charge on any atom is 0.339 e. The summed E-state index contributed by atoms with van der Waals surface area (Å²) in [7, 11) is 1.34. The molecule has 6 nitrogen and oxygen atoms in total. The van der Waals surface area contributed by atoms with Gasteiger partial charge < -0.3 is 15.4 Å². The number of nitrogens with zero attached hydrogens (tertiary/aromatic N) is 1. The van der Waals surface area contributed by atoms with Gasteiger partial charge in [-0.15, -0.1) is 0 Å². The molecule has 21 heavy (non-hydrogen) atoms. The third kappa shape index (κ3) is 5.81. The molecule has 6 heteroatoms. The number of rotatable bonds is 7. The molecule has 1 aromatic heterocycles. The van der Waals surface area contributed by atoms with Crippen LogP contribution in [0.4, 0.5) is 5.82 Å². The fourth-order valence-electron chi connectivity index (χ4n) is 1.70. The van der Waals surface area contributed by atoms with Crippen LogP contribution < -0.4 is 10.6 Å². The summed E-state index contributed by atoms with van der Waals surface area (Å²) in [5.74, 6) is 0.688. The van der Waals surface area contributed by atoms with Crippen LogP contribution in [0, 0.1) is 12.8 Å². The molecule has 0 atom stereocenters. The normalized spacial score (nSPS) is 10.3. The second kappa shape index (κ2) is 8.24. The molecular weight excluding hydrogens is 270 g/mol. The summed E-state index contributed by atoms with van der Waals surface area (Å²) in [6.45, 7) is 7.02. The van der Waals surface area contributed by atoms with Crippen molar-refractivity contribution in [3.05, 3.63) is 23.4 Å². The Labute approximate surface area is 125 Å². The number of anilines is 1. The van der Waals surface area contributed by atoms with Crippen molar-refractivity contribution in [2.75, 3.05) is 25.5 Å². The lowest BCUT2D eigenvalue weighted by molar-refractivity contribution is -0.120. The molecule has 0 saturated heterocycles. The van der Waals surface area contributed by atoms with Crippen molar-refractivity contribution in [3.63, 3.8) is 0 Å². The van der Waals surface area contributed by atoms with Gasteiger partial charge in [0.25, 0.3) is 0 Å². The zero-order valence-corrected chi connectivity index (χ0v) is 13.0. The second-order valence-corrected chi connectivity index (χ2v) is 5.20. The highest BCUT2D eigenvalue weighted by Crippen LogP contribution is 2.11. The fraction of sp³-hybridized carbons (Fsp3) is 0.533. The van der Waals surface area contributed by atoms with Gasteiger partial charge in [-0.25, -0.2) is 9.78 Å². The van der Waals surface area contributed by atoms with Crippen LogP contribution in [0.2, 0.25) is 0 Å². The first-order valence-electron chi connectivity index (χ1n) is 7.00. The second-order valence-electron chi connectivity index (χ2n) is 5.20. The van der Waals surface area contributed by atoms with Crippen LogP contribution in [0.1, 0.15) is 36.3 Å². The van der Waals surface area contributed by atoms with Gasteiger partial charge in [0.15, 0.2) is 0 Å². The Morgan fingerprint density at radius 2 is 2.05 bits per heavy atom. The third-order valence-electron chi connectivity index (χ3n) is 2.86. The topological polar surface area (TPSA) is 80.3 Å². The van der Waals surface area contributed by atoms with Crippen LogP contribution in [-0.4, -0.2) is 37.1 Å². The van der Waals surface area contributed by atoms with E-state index in [1.54, 1.807) is 19.1 Å². The average molecular weight is 293 g/mol. The Bertz CT molecular complexity index is 501. The molecule has 2 N–H and O–H groups in total. The van der Waals surface area contributed by atoms with Gasteiger partial charge in [-0.2, -0.15) is 0 Å². The van der Waals surface area contributed by atoms with Gasteiger partial charge in [-0.1, -0.05) is 13.8 Å². The Morgan fingerprint density at radius 3 is 2.62 bits per heavy atom. The first-order chi connectivity index (χ1) is 9.93. The molecule has 0 spiro atoms. The Morgan fingerprint density at radius 1 is 1.33 bits per heavy atom. The van der Waals surface area contributed by atoms with E-state index in [1.165, 1.54) is 7.11 Å². The van der Waals surface area contributed by atoms with Gasteiger partial charge in [0.2, 0.25) is 5.91 Å². The molecule has 1 heterocycles. The Hall–Kier alpha value is -2.11. The van der Waals surface area contributed by atoms with E-state index in [2.05, 4.69) is 20.4 Å². The zero-order chi connectivity index (χ0) is 15.8. The van der Waals surface area contributed by atoms with Gasteiger partial charge in [-0.3, -0.25) is 4.79 Å². The van der Waals surface area contributed by atoms with Crippen molar-refractivity contribution in [2.45, 2.75) is 27.2 Å². The van der Waals surface area contributed by atoms with Crippen molar-refractivity contribution >= 4 is 17.7 Å². The van der Waals surface area contributed by atoms with Gasteiger partial charge in [0, 0.05) is 19.5 Å². The molecule has 0 aliphatic carbocycles. The molecule has 0 aliphatic heterocycles. The molecule has 0 unspecified atom stereocenters. The van der Waals surface area contributed by atoms with Crippen LogP contribution in [0.3, 0.4) is 0 Å². The molecule has 0 aliphatic rings. The van der Waals surface area contributed by atoms with Crippen molar-refractivity contribution in [1.82, 2.24) is 10.3 Å². The number of hydrogen-bond donors (Lipinski definition) is 2. The molecule has 1 amide bonds. The van der Waals surface area contributed by atoms with E-state index in [1.807, 2.05) is 13.8 Å². The SMILES string of the molecule is COC(=O)c1ccc(NCCC(=O)NCC(C)C)nc1C. The number of aromatic nitrogens is 1. The lowest BCUT2D eigenvalue weighted by Gasteiger charge is -2.10. The molecule has 116 valence electrons. The minimum atomic E-state index is -0.403. The lowest BCUT2D eigenvalue weighted by Crippen LogP contribution is -2.28. The predicted octanol–water partition coefficient (Wildman–Crippen LogP) is 1.75. The van der Waals surface area contributed by atoms with E-state index in [9.17, 15) is 9.59 Å². The van der Waals surface area contributed by atoms with Crippen molar-refractivity contribution in [2.24, 2.45) is 5.92 Å². The summed E-state index contributed by atoms with van der Waals surface area (Å²) in [4.78, 5) is 27.3. The molecule has 0 saturated carbocycles. The fourth-order valence-corrected chi connectivity index (χ4v) is 1.70. The number of hydrogen-bond acceptors (Lipinski definition) is 5. The first-order valence-corrected chi connectivity index (χ1v) is 7.00. The minimum absolute atomic E-state index is 0.0131. The maximum atomic E-state index is 11.6. The molecule has 0 radical (unpaired) electrons. The summed E-state index contributed by atoms with van der Waals surface area (Å²) in [5.41, 5.74) is 1.04. The van der Waals surface area contributed by atoms with Crippen LogP contribution in [0.15, 0.2) is 12.1 Å². The number of carbonyl (C=O) groups is 2. The quantitative estimate of drug-likeness (QED) is 0.749. The third-order valence-corrected chi connectivity index (χ3v) is 2.86. The number of nitrogens with one attached hydrogen (secondary N) is 2. The molecule has 0 aromatic carbocycles. The number of methoxy groups -OCH3 is 1. The van der Waals surface area contributed by atoms with Crippen LogP contribution in [0.25, 0.3) is 0 Å². The summed E-state index contributed by atoms with van der Waals surface area (Å²) < 4.78 is 4.66. The predicted molar refractivity (Wildman–Crippen MR) is 81.3 cm³/mol. The summed E-state index contributed by atoms with van der Waals surface area (Å²) >= 11 is 0. The van der Waals surface area contributed by atoms with Crippen molar-refractivity contribution in [1.29, 1.82) is 0 Å². The van der Waals surface area contributed by atoms with Crippen LogP contribution in [0.5, 0.6) is 0 Å². The number of ether oxygens (including phenoxy) is 1. The van der Waals surface area contributed by atoms with E-state index < -0.39 is 5.97 Å². The van der Waals surface area contributed by atoms with Crippen molar-refractivity contribution < 1.29 is 14.3 Å². The van der Waals surface area contributed by atoms with E-state index in [0.717, 1.165) is 0 Å². The number of amides is 1. The maximum absolute atomic E-state index is 11.6. The number of esters is 1. The largest absolute Gasteiger partial charge is 0.465 e. The average Bonchev–Trinajstić information content (AvgIpc) is 2.44. The summed E-state index contributed by atoms with van der Waals surface area (Å²) in [6.07, 6.45) is 0.381. The van der Waals surface area contributed by atoms with E-state index in [0.29, 0.717) is 42.5 Å². The van der Waals surface area contributed by atoms with E-state index >= 15 is 0 Å². The Kier molecular flexibility index (Phi) is 6.65. The number of aryl methyl sites for hydroxylation is 1. The standard InChI is InChI=1S/C15H23N3O3/c1-10(2)9-17-14(19)7-8-16-13-6-5-12(11(3)18-13)15(20)21-4/h5-6,10H,7-9H2,1-4H3,(H,16,18)(H,17,19). The van der Waals surface area contributed by atoms with E-state index in [4.69, 9.17) is 0 Å². The van der Waals surface area contributed by atoms with Gasteiger partial charge in [0.05, 0.1) is 18.4 Å². The summed E-state index contributed by atoms with van der Waals surface area (Å²) in [6, 6.07) is 3.36. The highest BCUT2D eigenvalue weighted by Gasteiger charge is 2.10. The summed E-state index contributed by atoms with van der Waals surface area (Å²) in [5, 5.41) is 5.91. The minimum Gasteiger partial charge on any atom is -0.465 e. The molecular formula is C15H23N3O3. The molecule has 1 rings (SSSR count). The van der Waals surface area contributed by atoms with Gasteiger partial charge in [-0.05, 0) is 25.0 Å². The van der Waals surface area contributed by atoms with Crippen LogP contribution >= 0.6 is 0 Å².